The van der Waals surface area contributed by atoms with E-state index in [9.17, 15) is 15.0 Å². The Morgan fingerprint density at radius 1 is 1.25 bits per heavy atom. The van der Waals surface area contributed by atoms with Gasteiger partial charge in [-0.1, -0.05) is 13.8 Å². The summed E-state index contributed by atoms with van der Waals surface area (Å²) in [5.74, 6) is -0.758. The number of aryl methyl sites for hydroxylation is 1. The number of hydrogen-bond donors (Lipinski definition) is 3. The highest BCUT2D eigenvalue weighted by Gasteiger charge is 2.26. The van der Waals surface area contributed by atoms with Gasteiger partial charge in [-0.3, -0.25) is 0 Å². The average Bonchev–Trinajstić information content (AvgIpc) is 2.44. The lowest BCUT2D eigenvalue weighted by molar-refractivity contribution is 0.0696. The van der Waals surface area contributed by atoms with E-state index in [1.54, 1.807) is 13.8 Å². The van der Waals surface area contributed by atoms with E-state index in [-0.39, 0.29) is 23.4 Å². The number of nitrogens with zero attached hydrogens (tertiary/aromatic N) is 2. The van der Waals surface area contributed by atoms with Gasteiger partial charge in [-0.25, -0.2) is 4.79 Å². The average molecular weight is 281 g/mol. The minimum absolute atomic E-state index is 0.0493. The van der Waals surface area contributed by atoms with Crippen molar-refractivity contribution in [3.8, 4) is 0 Å². The molecule has 6 nitrogen and oxygen atoms in total. The second-order valence-electron chi connectivity index (χ2n) is 5.16. The predicted octanol–water partition coefficient (Wildman–Crippen LogP) is 2.00. The Labute approximate surface area is 119 Å². The summed E-state index contributed by atoms with van der Waals surface area (Å²) in [4.78, 5) is 11.4. The molecule has 1 rings (SSSR count). The molecule has 0 saturated carbocycles. The number of aromatic nitrogens is 2. The lowest BCUT2D eigenvalue weighted by Crippen LogP contribution is -2.33. The van der Waals surface area contributed by atoms with Crippen LogP contribution in [-0.4, -0.2) is 39.5 Å². The first-order chi connectivity index (χ1) is 9.40. The highest BCUT2D eigenvalue weighted by atomic mass is 16.4. The van der Waals surface area contributed by atoms with Crippen molar-refractivity contribution in [1.82, 2.24) is 10.2 Å². The van der Waals surface area contributed by atoms with Crippen LogP contribution in [0.4, 0.5) is 5.82 Å². The van der Waals surface area contributed by atoms with Gasteiger partial charge in [0.25, 0.3) is 0 Å². The smallest absolute Gasteiger partial charge is 0.339 e. The van der Waals surface area contributed by atoms with E-state index >= 15 is 0 Å². The summed E-state index contributed by atoms with van der Waals surface area (Å²) >= 11 is 0. The van der Waals surface area contributed by atoms with E-state index in [0.29, 0.717) is 17.8 Å². The van der Waals surface area contributed by atoms with Gasteiger partial charge >= 0.3 is 5.97 Å². The number of aliphatic hydroxyl groups excluding tert-OH is 1. The Kier molecular flexibility index (Phi) is 5.44. The van der Waals surface area contributed by atoms with E-state index in [4.69, 9.17) is 0 Å². The molecule has 0 amide bonds. The fraction of sp³-hybridized carbons (Fsp3) is 0.643. The summed E-state index contributed by atoms with van der Waals surface area (Å²) in [5.41, 5.74) is 1.09. The fourth-order valence-electron chi connectivity index (χ4n) is 2.04. The Hall–Kier alpha value is -1.69. The predicted molar refractivity (Wildman–Crippen MR) is 77.1 cm³/mol. The second kappa shape index (κ2) is 6.65. The van der Waals surface area contributed by atoms with Crippen LogP contribution in [0.25, 0.3) is 0 Å². The number of carboxylic acids is 1. The molecule has 0 spiro atoms. The van der Waals surface area contributed by atoms with Gasteiger partial charge in [0.1, 0.15) is 5.56 Å². The largest absolute Gasteiger partial charge is 0.478 e. The minimum Gasteiger partial charge on any atom is -0.478 e. The zero-order valence-electron chi connectivity index (χ0n) is 12.5. The maximum absolute atomic E-state index is 11.4. The van der Waals surface area contributed by atoms with Crippen molar-refractivity contribution in [2.45, 2.75) is 40.5 Å². The molecule has 1 heterocycles. The monoisotopic (exact) mass is 281 g/mol. The summed E-state index contributed by atoms with van der Waals surface area (Å²) < 4.78 is 0. The summed E-state index contributed by atoms with van der Waals surface area (Å²) in [6.45, 7) is 7.98. The van der Waals surface area contributed by atoms with Crippen LogP contribution < -0.4 is 5.32 Å². The van der Waals surface area contributed by atoms with Crippen LogP contribution in [0.5, 0.6) is 0 Å². The van der Waals surface area contributed by atoms with Gasteiger partial charge in [0.05, 0.1) is 12.3 Å². The normalized spacial score (nSPS) is 11.4. The molecule has 0 fully saturated rings. The summed E-state index contributed by atoms with van der Waals surface area (Å²) in [5, 5.41) is 29.8. The van der Waals surface area contributed by atoms with Crippen molar-refractivity contribution in [1.29, 1.82) is 0 Å². The van der Waals surface area contributed by atoms with Crippen LogP contribution in [-0.2, 0) is 0 Å². The molecule has 0 bridgehead atoms. The van der Waals surface area contributed by atoms with Crippen LogP contribution in [0.3, 0.4) is 0 Å². The Bertz CT molecular complexity index is 477. The molecule has 0 radical (unpaired) electrons. The SMILES string of the molecule is CCC(CC)(CO)CNc1nnc(C)c(C)c1C(=O)O. The highest BCUT2D eigenvalue weighted by Crippen LogP contribution is 2.27. The van der Waals surface area contributed by atoms with Crippen LogP contribution in [0.15, 0.2) is 0 Å². The molecule has 1 aromatic rings. The molecular formula is C14H23N3O3. The summed E-state index contributed by atoms with van der Waals surface area (Å²) in [6, 6.07) is 0. The van der Waals surface area contributed by atoms with Gasteiger partial charge in [0, 0.05) is 12.0 Å². The van der Waals surface area contributed by atoms with Gasteiger partial charge in [-0.2, -0.15) is 5.10 Å². The first kappa shape index (κ1) is 16.4. The quantitative estimate of drug-likeness (QED) is 0.707. The van der Waals surface area contributed by atoms with Gasteiger partial charge in [0.2, 0.25) is 0 Å². The molecule has 6 heteroatoms. The van der Waals surface area contributed by atoms with E-state index < -0.39 is 5.97 Å². The number of rotatable bonds is 7. The number of carboxylic acid groups (broad SMARTS) is 1. The van der Waals surface area contributed by atoms with Crippen molar-refractivity contribution in [2.24, 2.45) is 5.41 Å². The minimum atomic E-state index is -1.02. The number of aliphatic hydroxyl groups is 1. The van der Waals surface area contributed by atoms with Crippen LogP contribution >= 0.6 is 0 Å². The van der Waals surface area contributed by atoms with Gasteiger partial charge in [-0.15, -0.1) is 5.10 Å². The lowest BCUT2D eigenvalue weighted by atomic mass is 9.83. The van der Waals surface area contributed by atoms with Crippen molar-refractivity contribution in [2.75, 3.05) is 18.5 Å². The molecule has 0 aromatic carbocycles. The maximum Gasteiger partial charge on any atom is 0.339 e. The molecular weight excluding hydrogens is 258 g/mol. The molecule has 0 unspecified atom stereocenters. The van der Waals surface area contributed by atoms with Gasteiger partial charge in [-0.05, 0) is 32.3 Å². The molecule has 20 heavy (non-hydrogen) atoms. The fourth-order valence-corrected chi connectivity index (χ4v) is 2.04. The number of aromatic carboxylic acids is 1. The summed E-state index contributed by atoms with van der Waals surface area (Å²) in [7, 11) is 0. The third-order valence-electron chi connectivity index (χ3n) is 4.13. The highest BCUT2D eigenvalue weighted by molar-refractivity contribution is 5.94. The van der Waals surface area contributed by atoms with E-state index in [0.717, 1.165) is 12.8 Å². The number of nitrogens with one attached hydrogen (secondary N) is 1. The Balaban J connectivity index is 3.04. The Morgan fingerprint density at radius 3 is 2.30 bits per heavy atom. The van der Waals surface area contributed by atoms with E-state index in [1.165, 1.54) is 0 Å². The lowest BCUT2D eigenvalue weighted by Gasteiger charge is -2.30. The zero-order valence-corrected chi connectivity index (χ0v) is 12.5. The second-order valence-corrected chi connectivity index (χ2v) is 5.16. The van der Waals surface area contributed by atoms with Crippen molar-refractivity contribution in [3.63, 3.8) is 0 Å². The van der Waals surface area contributed by atoms with Crippen molar-refractivity contribution < 1.29 is 15.0 Å². The van der Waals surface area contributed by atoms with Crippen LogP contribution in [0.2, 0.25) is 0 Å². The van der Waals surface area contributed by atoms with Crippen molar-refractivity contribution >= 4 is 11.8 Å². The topological polar surface area (TPSA) is 95.3 Å². The van der Waals surface area contributed by atoms with Gasteiger partial charge < -0.3 is 15.5 Å². The van der Waals surface area contributed by atoms with E-state index in [1.807, 2.05) is 13.8 Å². The first-order valence-electron chi connectivity index (χ1n) is 6.82. The number of hydrogen-bond acceptors (Lipinski definition) is 5. The third-order valence-corrected chi connectivity index (χ3v) is 4.13. The zero-order chi connectivity index (χ0) is 15.3. The Morgan fingerprint density at radius 2 is 1.85 bits per heavy atom. The van der Waals surface area contributed by atoms with Crippen LogP contribution in [0, 0.1) is 19.3 Å². The van der Waals surface area contributed by atoms with Gasteiger partial charge in [0.15, 0.2) is 5.82 Å². The maximum atomic E-state index is 11.4. The summed E-state index contributed by atoms with van der Waals surface area (Å²) in [6.07, 6.45) is 1.60. The third kappa shape index (κ3) is 3.25. The molecule has 0 atom stereocenters. The molecule has 0 aliphatic heterocycles. The molecule has 3 N–H and O–H groups in total. The standard InChI is InChI=1S/C14H23N3O3/c1-5-14(6-2,8-18)7-15-12-11(13(19)20)9(3)10(4)16-17-12/h18H,5-8H2,1-4H3,(H,15,17)(H,19,20). The molecule has 0 saturated heterocycles. The molecule has 0 aliphatic rings. The number of anilines is 1. The van der Waals surface area contributed by atoms with Crippen LogP contribution in [0.1, 0.15) is 48.3 Å². The van der Waals surface area contributed by atoms with E-state index in [2.05, 4.69) is 15.5 Å². The van der Waals surface area contributed by atoms with Crippen molar-refractivity contribution in [3.05, 3.63) is 16.8 Å². The molecule has 112 valence electrons. The first-order valence-corrected chi connectivity index (χ1v) is 6.82. The number of carbonyl (C=O) groups is 1. The molecule has 0 aliphatic carbocycles. The molecule has 1 aromatic heterocycles.